The lowest BCUT2D eigenvalue weighted by molar-refractivity contribution is 0.0918. The van der Waals surface area contributed by atoms with Gasteiger partial charge in [-0.05, 0) is 12.1 Å². The van der Waals surface area contributed by atoms with E-state index in [0.717, 1.165) is 10.4 Å². The molecule has 2 atom stereocenters. The predicted octanol–water partition coefficient (Wildman–Crippen LogP) is 0.471. The van der Waals surface area contributed by atoms with Crippen molar-refractivity contribution in [1.82, 2.24) is 9.62 Å². The summed E-state index contributed by atoms with van der Waals surface area (Å²) in [4.78, 5) is 12.4. The van der Waals surface area contributed by atoms with Crippen LogP contribution in [0.3, 0.4) is 0 Å². The lowest BCUT2D eigenvalue weighted by atomic mass is 10.1. The fourth-order valence-electron chi connectivity index (χ4n) is 2.48. The van der Waals surface area contributed by atoms with Crippen molar-refractivity contribution >= 4 is 15.9 Å². The summed E-state index contributed by atoms with van der Waals surface area (Å²) in [6.45, 7) is 0.391. The van der Waals surface area contributed by atoms with Crippen molar-refractivity contribution in [2.45, 2.75) is 6.04 Å². The molecule has 1 aromatic carbocycles. The molecule has 2 rings (SSSR count). The minimum atomic E-state index is -3.43. The highest BCUT2D eigenvalue weighted by molar-refractivity contribution is 7.89. The summed E-state index contributed by atoms with van der Waals surface area (Å²) in [5.74, 6) is -1.81. The van der Waals surface area contributed by atoms with Gasteiger partial charge in [0.25, 0.3) is 5.91 Å². The number of carbonyl (C=O) groups is 1. The van der Waals surface area contributed by atoms with Crippen molar-refractivity contribution in [3.05, 3.63) is 29.6 Å². The molecule has 1 N–H and O–H groups in total. The minimum absolute atomic E-state index is 0.115. The van der Waals surface area contributed by atoms with Crippen LogP contribution in [-0.2, 0) is 14.8 Å². The molecule has 1 aliphatic heterocycles. The molecule has 0 bridgehead atoms. The Labute approximate surface area is 140 Å². The molecule has 1 aliphatic rings. The third-order valence-electron chi connectivity index (χ3n) is 3.92. The third kappa shape index (κ3) is 4.03. The summed E-state index contributed by atoms with van der Waals surface area (Å²) < 4.78 is 49.4. The number of rotatable bonds is 6. The molecule has 1 fully saturated rings. The molecule has 24 heavy (non-hydrogen) atoms. The monoisotopic (exact) mass is 360 g/mol. The SMILES string of the molecule is COc1cccc(F)c1C(=O)N[C@@H]1COC[C@H]1CS(=O)(=O)N(C)C. The van der Waals surface area contributed by atoms with Crippen LogP contribution >= 0.6 is 0 Å². The van der Waals surface area contributed by atoms with Gasteiger partial charge in [0, 0.05) is 20.0 Å². The number of benzene rings is 1. The van der Waals surface area contributed by atoms with Gasteiger partial charge in [-0.2, -0.15) is 0 Å². The van der Waals surface area contributed by atoms with Crippen LogP contribution in [0.15, 0.2) is 18.2 Å². The Bertz CT molecular complexity index is 708. The van der Waals surface area contributed by atoms with Gasteiger partial charge in [0.1, 0.15) is 17.1 Å². The Morgan fingerprint density at radius 2 is 2.12 bits per heavy atom. The largest absolute Gasteiger partial charge is 0.496 e. The fourth-order valence-corrected chi connectivity index (χ4v) is 3.65. The maximum absolute atomic E-state index is 14.0. The van der Waals surface area contributed by atoms with E-state index in [0.29, 0.717) is 0 Å². The zero-order valence-corrected chi connectivity index (χ0v) is 14.6. The Kier molecular flexibility index (Phi) is 5.79. The highest BCUT2D eigenvalue weighted by Crippen LogP contribution is 2.23. The van der Waals surface area contributed by atoms with Crippen molar-refractivity contribution in [1.29, 1.82) is 0 Å². The molecule has 0 radical (unpaired) electrons. The molecule has 1 heterocycles. The maximum atomic E-state index is 14.0. The Morgan fingerprint density at radius 1 is 1.42 bits per heavy atom. The van der Waals surface area contributed by atoms with E-state index in [1.54, 1.807) is 0 Å². The van der Waals surface area contributed by atoms with E-state index in [1.807, 2.05) is 0 Å². The van der Waals surface area contributed by atoms with Gasteiger partial charge in [-0.15, -0.1) is 0 Å². The van der Waals surface area contributed by atoms with E-state index in [9.17, 15) is 17.6 Å². The van der Waals surface area contributed by atoms with Gasteiger partial charge < -0.3 is 14.8 Å². The molecule has 7 nitrogen and oxygen atoms in total. The second kappa shape index (κ2) is 7.45. The molecular formula is C15H21FN2O5S. The third-order valence-corrected chi connectivity index (χ3v) is 5.88. The molecule has 0 aliphatic carbocycles. The smallest absolute Gasteiger partial charge is 0.258 e. The van der Waals surface area contributed by atoms with Crippen LogP contribution in [0.2, 0.25) is 0 Å². The van der Waals surface area contributed by atoms with Gasteiger partial charge in [0.15, 0.2) is 0 Å². The first-order chi connectivity index (χ1) is 11.3. The van der Waals surface area contributed by atoms with E-state index in [-0.39, 0.29) is 30.3 Å². The normalized spacial score (nSPS) is 21.0. The number of methoxy groups -OCH3 is 1. The molecule has 0 saturated carbocycles. The number of nitrogens with one attached hydrogen (secondary N) is 1. The van der Waals surface area contributed by atoms with Crippen LogP contribution < -0.4 is 10.1 Å². The summed E-state index contributed by atoms with van der Waals surface area (Å²) in [7, 11) is 0.806. The van der Waals surface area contributed by atoms with Crippen molar-refractivity contribution < 1.29 is 27.1 Å². The van der Waals surface area contributed by atoms with E-state index < -0.39 is 33.7 Å². The van der Waals surface area contributed by atoms with Crippen LogP contribution in [0.5, 0.6) is 5.75 Å². The van der Waals surface area contributed by atoms with E-state index in [1.165, 1.54) is 33.3 Å². The Hall–Kier alpha value is -1.71. The minimum Gasteiger partial charge on any atom is -0.496 e. The van der Waals surface area contributed by atoms with Crippen LogP contribution in [0.4, 0.5) is 4.39 Å². The summed E-state index contributed by atoms with van der Waals surface area (Å²) >= 11 is 0. The number of carbonyl (C=O) groups excluding carboxylic acids is 1. The quantitative estimate of drug-likeness (QED) is 0.797. The zero-order chi connectivity index (χ0) is 17.9. The average Bonchev–Trinajstić information content (AvgIpc) is 2.92. The first kappa shape index (κ1) is 18.6. The topological polar surface area (TPSA) is 84.9 Å². The van der Waals surface area contributed by atoms with Gasteiger partial charge in [0.2, 0.25) is 10.0 Å². The second-order valence-corrected chi connectivity index (χ2v) is 7.98. The van der Waals surface area contributed by atoms with Crippen LogP contribution in [0.1, 0.15) is 10.4 Å². The lowest BCUT2D eigenvalue weighted by Crippen LogP contribution is -2.43. The lowest BCUT2D eigenvalue weighted by Gasteiger charge is -2.21. The van der Waals surface area contributed by atoms with Crippen molar-refractivity contribution in [3.63, 3.8) is 0 Å². The molecule has 1 amide bonds. The summed E-state index contributed by atoms with van der Waals surface area (Å²) in [6, 6.07) is 3.57. The zero-order valence-electron chi connectivity index (χ0n) is 13.8. The van der Waals surface area contributed by atoms with Crippen LogP contribution in [0, 0.1) is 11.7 Å². The van der Waals surface area contributed by atoms with E-state index >= 15 is 0 Å². The Morgan fingerprint density at radius 3 is 2.75 bits per heavy atom. The fraction of sp³-hybridized carbons (Fsp3) is 0.533. The molecule has 0 aromatic heterocycles. The molecule has 0 unspecified atom stereocenters. The van der Waals surface area contributed by atoms with Crippen molar-refractivity contribution in [3.8, 4) is 5.75 Å². The molecule has 1 saturated heterocycles. The highest BCUT2D eigenvalue weighted by atomic mass is 32.2. The average molecular weight is 360 g/mol. The van der Waals surface area contributed by atoms with E-state index in [2.05, 4.69) is 5.32 Å². The molecule has 1 aromatic rings. The van der Waals surface area contributed by atoms with E-state index in [4.69, 9.17) is 9.47 Å². The standard InChI is InChI=1S/C15H21FN2O5S/c1-18(2)24(20,21)9-10-7-23-8-12(10)17-15(19)14-11(16)5-4-6-13(14)22-3/h4-6,10,12H,7-9H2,1-3H3,(H,17,19)/t10-,12+/m0/s1. The van der Waals surface area contributed by atoms with Gasteiger partial charge >= 0.3 is 0 Å². The van der Waals surface area contributed by atoms with Crippen LogP contribution in [-0.4, -0.2) is 64.8 Å². The molecule has 9 heteroatoms. The van der Waals surface area contributed by atoms with Gasteiger partial charge in [-0.25, -0.2) is 17.1 Å². The molecule has 134 valence electrons. The number of ether oxygens (including phenoxy) is 2. The van der Waals surface area contributed by atoms with Gasteiger partial charge in [-0.3, -0.25) is 4.79 Å². The predicted molar refractivity (Wildman–Crippen MR) is 86.0 cm³/mol. The van der Waals surface area contributed by atoms with Crippen molar-refractivity contribution in [2.24, 2.45) is 5.92 Å². The van der Waals surface area contributed by atoms with Gasteiger partial charge in [0.05, 0.1) is 32.1 Å². The number of halogens is 1. The summed E-state index contributed by atoms with van der Waals surface area (Å²) in [5.41, 5.74) is -0.207. The first-order valence-electron chi connectivity index (χ1n) is 7.37. The number of sulfonamides is 1. The van der Waals surface area contributed by atoms with Gasteiger partial charge in [-0.1, -0.05) is 6.07 Å². The molecule has 0 spiro atoms. The highest BCUT2D eigenvalue weighted by Gasteiger charge is 2.35. The molecular weight excluding hydrogens is 339 g/mol. The number of hydrogen-bond acceptors (Lipinski definition) is 5. The maximum Gasteiger partial charge on any atom is 0.258 e. The van der Waals surface area contributed by atoms with Crippen LogP contribution in [0.25, 0.3) is 0 Å². The number of amides is 1. The summed E-state index contributed by atoms with van der Waals surface area (Å²) in [6.07, 6.45) is 0. The number of hydrogen-bond donors (Lipinski definition) is 1. The Balaban J connectivity index is 2.14. The summed E-state index contributed by atoms with van der Waals surface area (Å²) in [5, 5.41) is 2.66. The first-order valence-corrected chi connectivity index (χ1v) is 8.98. The second-order valence-electron chi connectivity index (χ2n) is 5.76. The number of nitrogens with zero attached hydrogens (tertiary/aromatic N) is 1. The van der Waals surface area contributed by atoms with Crippen molar-refractivity contribution in [2.75, 3.05) is 40.2 Å².